The van der Waals surface area contributed by atoms with E-state index in [1.54, 1.807) is 23.4 Å². The smallest absolute Gasteiger partial charge is 0.316 e. The summed E-state index contributed by atoms with van der Waals surface area (Å²) < 4.78 is 1.54. The number of nitrogens with one attached hydrogen (secondary N) is 2. The number of aromatic amines is 1. The van der Waals surface area contributed by atoms with Crippen LogP contribution in [0.2, 0.25) is 0 Å². The topological polar surface area (TPSA) is 62.7 Å². The Morgan fingerprint density at radius 2 is 2.54 bits per heavy atom. The van der Waals surface area contributed by atoms with Gasteiger partial charge < -0.3 is 5.32 Å². The fourth-order valence-corrected chi connectivity index (χ4v) is 2.39. The fourth-order valence-electron chi connectivity index (χ4n) is 1.32. The van der Waals surface area contributed by atoms with Gasteiger partial charge in [0.15, 0.2) is 5.16 Å². The lowest BCUT2D eigenvalue weighted by Gasteiger charge is -2.05. The highest BCUT2D eigenvalue weighted by molar-refractivity contribution is 7.99. The summed E-state index contributed by atoms with van der Waals surface area (Å²) in [5, 5.41) is 11.0. The summed E-state index contributed by atoms with van der Waals surface area (Å²) in [6.07, 6.45) is 1.14. The molecule has 1 aliphatic heterocycles. The van der Waals surface area contributed by atoms with Crippen LogP contribution in [0.15, 0.2) is 9.95 Å². The predicted molar refractivity (Wildman–Crippen MR) is 51.0 cm³/mol. The molecule has 2 N–H and O–H groups in total. The third-order valence-electron chi connectivity index (χ3n) is 2.13. The summed E-state index contributed by atoms with van der Waals surface area (Å²) in [6, 6.07) is 0. The third kappa shape index (κ3) is 1.78. The molecule has 2 heterocycles. The molecule has 5 nitrogen and oxygen atoms in total. The average Bonchev–Trinajstić information content (AvgIpc) is 2.71. The molecular formula is C7H12N4OS. The van der Waals surface area contributed by atoms with E-state index in [1.807, 2.05) is 0 Å². The normalized spacial score (nSPS) is 22.4. The molecule has 0 aromatic carbocycles. The average molecular weight is 200 g/mol. The Bertz CT molecular complexity index is 339. The van der Waals surface area contributed by atoms with Crippen molar-refractivity contribution in [1.29, 1.82) is 0 Å². The Morgan fingerprint density at radius 3 is 3.08 bits per heavy atom. The summed E-state index contributed by atoms with van der Waals surface area (Å²) in [7, 11) is 1.73. The van der Waals surface area contributed by atoms with Crippen LogP contribution in [0, 0.1) is 0 Å². The van der Waals surface area contributed by atoms with Gasteiger partial charge >= 0.3 is 5.69 Å². The van der Waals surface area contributed by atoms with Gasteiger partial charge in [0.05, 0.1) is 0 Å². The molecule has 0 spiro atoms. The molecule has 13 heavy (non-hydrogen) atoms. The van der Waals surface area contributed by atoms with Crippen molar-refractivity contribution in [3.63, 3.8) is 0 Å². The van der Waals surface area contributed by atoms with Crippen LogP contribution in [0.5, 0.6) is 0 Å². The Hall–Kier alpha value is -0.750. The molecule has 0 radical (unpaired) electrons. The molecule has 72 valence electrons. The first-order valence-corrected chi connectivity index (χ1v) is 5.14. The lowest BCUT2D eigenvalue weighted by atomic mass is 10.4. The lowest BCUT2D eigenvalue weighted by molar-refractivity contribution is 0.760. The molecule has 1 fully saturated rings. The van der Waals surface area contributed by atoms with Gasteiger partial charge in [-0.3, -0.25) is 4.57 Å². The minimum absolute atomic E-state index is 0.145. The third-order valence-corrected chi connectivity index (χ3v) is 3.44. The molecule has 1 aromatic heterocycles. The molecule has 0 amide bonds. The van der Waals surface area contributed by atoms with Crippen molar-refractivity contribution in [1.82, 2.24) is 20.1 Å². The highest BCUT2D eigenvalue weighted by Crippen LogP contribution is 2.23. The van der Waals surface area contributed by atoms with Crippen molar-refractivity contribution in [3.8, 4) is 0 Å². The van der Waals surface area contributed by atoms with Crippen molar-refractivity contribution < 1.29 is 0 Å². The Balaban J connectivity index is 2.08. The number of H-pyrrole nitrogens is 1. The van der Waals surface area contributed by atoms with Crippen LogP contribution in [-0.2, 0) is 7.05 Å². The van der Waals surface area contributed by atoms with Crippen molar-refractivity contribution in [2.24, 2.45) is 7.05 Å². The van der Waals surface area contributed by atoms with Crippen LogP contribution in [0.1, 0.15) is 6.42 Å². The second-order valence-corrected chi connectivity index (χ2v) is 4.37. The monoisotopic (exact) mass is 200 g/mol. The molecular weight excluding hydrogens is 188 g/mol. The van der Waals surface area contributed by atoms with Crippen molar-refractivity contribution >= 4 is 11.8 Å². The number of nitrogens with zero attached hydrogens (tertiary/aromatic N) is 2. The van der Waals surface area contributed by atoms with Crippen molar-refractivity contribution in [3.05, 3.63) is 10.5 Å². The van der Waals surface area contributed by atoms with Crippen molar-refractivity contribution in [2.75, 3.05) is 13.1 Å². The van der Waals surface area contributed by atoms with E-state index >= 15 is 0 Å². The summed E-state index contributed by atoms with van der Waals surface area (Å²) in [5.74, 6) is 0. The summed E-state index contributed by atoms with van der Waals surface area (Å²) in [5.41, 5.74) is -0.145. The van der Waals surface area contributed by atoms with E-state index in [-0.39, 0.29) is 5.69 Å². The van der Waals surface area contributed by atoms with E-state index in [4.69, 9.17) is 0 Å². The molecule has 0 aliphatic carbocycles. The predicted octanol–water partition coefficient (Wildman–Crippen LogP) is -0.438. The van der Waals surface area contributed by atoms with Crippen LogP contribution in [-0.4, -0.2) is 33.1 Å². The zero-order chi connectivity index (χ0) is 9.26. The summed E-state index contributed by atoms with van der Waals surface area (Å²) in [6.45, 7) is 2.07. The van der Waals surface area contributed by atoms with E-state index in [0.717, 1.165) is 24.7 Å². The van der Waals surface area contributed by atoms with E-state index in [2.05, 4.69) is 15.5 Å². The maximum Gasteiger partial charge on any atom is 0.343 e. The molecule has 0 bridgehead atoms. The van der Waals surface area contributed by atoms with E-state index in [9.17, 15) is 4.79 Å². The summed E-state index contributed by atoms with van der Waals surface area (Å²) in [4.78, 5) is 11.0. The zero-order valence-corrected chi connectivity index (χ0v) is 8.23. The molecule has 1 unspecified atom stereocenters. The van der Waals surface area contributed by atoms with E-state index in [0.29, 0.717) is 5.25 Å². The first-order chi connectivity index (χ1) is 6.27. The first-order valence-electron chi connectivity index (χ1n) is 4.26. The summed E-state index contributed by atoms with van der Waals surface area (Å²) >= 11 is 1.66. The number of hydrogen-bond donors (Lipinski definition) is 2. The van der Waals surface area contributed by atoms with Crippen LogP contribution < -0.4 is 11.0 Å². The highest BCUT2D eigenvalue weighted by atomic mass is 32.2. The van der Waals surface area contributed by atoms with Gasteiger partial charge in [0.2, 0.25) is 0 Å². The fraction of sp³-hybridized carbons (Fsp3) is 0.714. The second-order valence-electron chi connectivity index (χ2n) is 3.10. The maximum atomic E-state index is 11.0. The SMILES string of the molecule is Cn1c(SC2CCNC2)n[nH]c1=O. The van der Waals surface area contributed by atoms with Gasteiger partial charge in [0.25, 0.3) is 0 Å². The Morgan fingerprint density at radius 1 is 1.69 bits per heavy atom. The number of thioether (sulfide) groups is 1. The van der Waals surface area contributed by atoms with Crippen LogP contribution in [0.4, 0.5) is 0 Å². The van der Waals surface area contributed by atoms with E-state index in [1.165, 1.54) is 0 Å². The molecule has 2 rings (SSSR count). The minimum atomic E-state index is -0.145. The molecule has 6 heteroatoms. The highest BCUT2D eigenvalue weighted by Gasteiger charge is 2.18. The van der Waals surface area contributed by atoms with Crippen molar-refractivity contribution in [2.45, 2.75) is 16.8 Å². The van der Waals surface area contributed by atoms with Crippen LogP contribution in [0.25, 0.3) is 0 Å². The lowest BCUT2D eigenvalue weighted by Crippen LogP contribution is -2.14. The zero-order valence-electron chi connectivity index (χ0n) is 7.41. The minimum Gasteiger partial charge on any atom is -0.316 e. The number of rotatable bonds is 2. The molecule has 1 saturated heterocycles. The first kappa shape index (κ1) is 8.83. The van der Waals surface area contributed by atoms with Crippen LogP contribution >= 0.6 is 11.8 Å². The van der Waals surface area contributed by atoms with Gasteiger partial charge in [0.1, 0.15) is 0 Å². The standard InChI is InChI=1S/C7H12N4OS/c1-11-6(12)9-10-7(11)13-5-2-3-8-4-5/h5,8H,2-4H2,1H3,(H,9,12). The quantitative estimate of drug-likeness (QED) is 0.679. The maximum absolute atomic E-state index is 11.0. The van der Waals surface area contributed by atoms with Gasteiger partial charge in [-0.1, -0.05) is 11.8 Å². The van der Waals surface area contributed by atoms with Gasteiger partial charge in [-0.15, -0.1) is 5.10 Å². The second kappa shape index (κ2) is 3.55. The Kier molecular flexibility index (Phi) is 2.41. The molecule has 1 atom stereocenters. The van der Waals surface area contributed by atoms with E-state index < -0.39 is 0 Å². The van der Waals surface area contributed by atoms with Crippen LogP contribution in [0.3, 0.4) is 0 Å². The number of aromatic nitrogens is 3. The molecule has 0 saturated carbocycles. The van der Waals surface area contributed by atoms with Gasteiger partial charge in [0, 0.05) is 18.8 Å². The van der Waals surface area contributed by atoms with Gasteiger partial charge in [-0.2, -0.15) is 0 Å². The van der Waals surface area contributed by atoms with Gasteiger partial charge in [-0.05, 0) is 13.0 Å². The number of hydrogen-bond acceptors (Lipinski definition) is 4. The Labute approximate surface area is 79.9 Å². The largest absolute Gasteiger partial charge is 0.343 e. The molecule has 1 aliphatic rings. The molecule has 1 aromatic rings. The van der Waals surface area contributed by atoms with Gasteiger partial charge in [-0.25, -0.2) is 9.89 Å².